The fourth-order valence-corrected chi connectivity index (χ4v) is 3.56. The first-order valence-electron chi connectivity index (χ1n) is 9.50. The first kappa shape index (κ1) is 16.6. The van der Waals surface area contributed by atoms with Gasteiger partial charge in [0, 0.05) is 22.6 Å². The number of benzene rings is 3. The molecule has 136 valence electrons. The lowest BCUT2D eigenvalue weighted by Crippen LogP contribution is -2.18. The number of hydrazone groups is 1. The van der Waals surface area contributed by atoms with Gasteiger partial charge in [0.05, 0.1) is 17.3 Å². The fraction of sp³-hybridized carbons (Fsp3) is 0.125. The monoisotopic (exact) mass is 365 g/mol. The van der Waals surface area contributed by atoms with Gasteiger partial charge in [-0.1, -0.05) is 60.7 Å². The molecule has 0 saturated heterocycles. The summed E-state index contributed by atoms with van der Waals surface area (Å²) >= 11 is 0. The molecule has 5 rings (SSSR count). The Balaban J connectivity index is 1.45. The summed E-state index contributed by atoms with van der Waals surface area (Å²) < 4.78 is 0. The summed E-state index contributed by atoms with van der Waals surface area (Å²) in [6, 6.07) is 23.9. The summed E-state index contributed by atoms with van der Waals surface area (Å²) in [5.74, 6) is 0.271. The van der Waals surface area contributed by atoms with Crippen molar-refractivity contribution in [3.63, 3.8) is 0 Å². The van der Waals surface area contributed by atoms with Gasteiger partial charge in [-0.3, -0.25) is 9.78 Å². The Labute approximate surface area is 162 Å². The van der Waals surface area contributed by atoms with Gasteiger partial charge in [0.2, 0.25) is 0 Å². The van der Waals surface area contributed by atoms with E-state index in [1.165, 1.54) is 0 Å². The van der Waals surface area contributed by atoms with Crippen molar-refractivity contribution in [2.75, 3.05) is 0 Å². The normalized spacial score (nSPS) is 14.0. The van der Waals surface area contributed by atoms with Gasteiger partial charge in [0.25, 0.3) is 5.91 Å². The van der Waals surface area contributed by atoms with Crippen LogP contribution in [0.2, 0.25) is 0 Å². The Kier molecular flexibility index (Phi) is 4.09. The third kappa shape index (κ3) is 3.14. The number of nitrogens with zero attached hydrogens (tertiary/aromatic N) is 2. The van der Waals surface area contributed by atoms with Crippen molar-refractivity contribution in [1.82, 2.24) is 10.4 Å². The second-order valence-corrected chi connectivity index (χ2v) is 7.15. The van der Waals surface area contributed by atoms with Gasteiger partial charge in [0.1, 0.15) is 0 Å². The van der Waals surface area contributed by atoms with Crippen LogP contribution in [0.4, 0.5) is 0 Å². The number of amides is 1. The van der Waals surface area contributed by atoms with Gasteiger partial charge in [-0.15, -0.1) is 0 Å². The maximum atomic E-state index is 12.9. The highest BCUT2D eigenvalue weighted by molar-refractivity contribution is 6.07. The minimum Gasteiger partial charge on any atom is -0.267 e. The topological polar surface area (TPSA) is 54.4 Å². The Morgan fingerprint density at radius 3 is 2.57 bits per heavy atom. The minimum atomic E-state index is -0.211. The van der Waals surface area contributed by atoms with Crippen LogP contribution in [-0.2, 0) is 0 Å². The van der Waals surface area contributed by atoms with E-state index in [4.69, 9.17) is 4.98 Å². The lowest BCUT2D eigenvalue weighted by Gasteiger charge is -2.08. The van der Waals surface area contributed by atoms with Crippen LogP contribution in [0, 0.1) is 0 Å². The number of hydrogen-bond donors (Lipinski definition) is 1. The van der Waals surface area contributed by atoms with Crippen LogP contribution < -0.4 is 5.43 Å². The Morgan fingerprint density at radius 2 is 1.71 bits per heavy atom. The minimum absolute atomic E-state index is 0.211. The number of hydrogen-bond acceptors (Lipinski definition) is 3. The Bertz CT molecular complexity index is 1220. The smallest absolute Gasteiger partial charge is 0.267 e. The van der Waals surface area contributed by atoms with Crippen LogP contribution in [-0.4, -0.2) is 17.1 Å². The number of nitrogens with one attached hydrogen (secondary N) is 1. The second kappa shape index (κ2) is 6.89. The number of fused-ring (bicyclic) bond motifs is 2. The molecule has 28 heavy (non-hydrogen) atoms. The first-order valence-corrected chi connectivity index (χ1v) is 9.50. The number of carbonyl (C=O) groups is 1. The maximum Gasteiger partial charge on any atom is 0.272 e. The Morgan fingerprint density at radius 1 is 0.964 bits per heavy atom. The van der Waals surface area contributed by atoms with E-state index >= 15 is 0 Å². The van der Waals surface area contributed by atoms with E-state index in [1.54, 1.807) is 6.21 Å². The second-order valence-electron chi connectivity index (χ2n) is 7.15. The average molecular weight is 365 g/mol. The Hall–Kier alpha value is -3.53. The average Bonchev–Trinajstić information content (AvgIpc) is 3.58. The predicted molar refractivity (Wildman–Crippen MR) is 113 cm³/mol. The SMILES string of the molecule is O=C(N/N=C\c1cccc2ccccc12)c1cc(C2CC2)nc2ccccc12. The molecule has 0 atom stereocenters. The van der Waals surface area contributed by atoms with E-state index in [1.807, 2.05) is 54.6 Å². The van der Waals surface area contributed by atoms with Gasteiger partial charge in [0.15, 0.2) is 0 Å². The molecule has 4 nitrogen and oxygen atoms in total. The molecule has 1 amide bonds. The number of para-hydroxylation sites is 1. The largest absolute Gasteiger partial charge is 0.272 e. The van der Waals surface area contributed by atoms with Crippen molar-refractivity contribution in [2.24, 2.45) is 5.10 Å². The molecule has 0 spiro atoms. The highest BCUT2D eigenvalue weighted by Gasteiger charge is 2.26. The van der Waals surface area contributed by atoms with Crippen molar-refractivity contribution in [1.29, 1.82) is 0 Å². The van der Waals surface area contributed by atoms with E-state index in [0.29, 0.717) is 11.5 Å². The zero-order chi connectivity index (χ0) is 18.9. The van der Waals surface area contributed by atoms with Crippen molar-refractivity contribution < 1.29 is 4.79 Å². The van der Waals surface area contributed by atoms with Gasteiger partial charge < -0.3 is 0 Å². The molecule has 0 radical (unpaired) electrons. The molecule has 4 heteroatoms. The van der Waals surface area contributed by atoms with Crippen LogP contribution in [0.1, 0.15) is 40.4 Å². The molecule has 0 aliphatic heterocycles. The summed E-state index contributed by atoms with van der Waals surface area (Å²) in [7, 11) is 0. The lowest BCUT2D eigenvalue weighted by atomic mass is 10.1. The molecule has 1 heterocycles. The molecule has 1 aromatic heterocycles. The standard InChI is InChI=1S/C24H19N3O/c28-24(27-25-15-18-8-5-7-16-6-1-2-9-19(16)18)21-14-23(17-12-13-17)26-22-11-4-3-10-20(21)22/h1-11,14-15,17H,12-13H2,(H,27,28)/b25-15-. The fourth-order valence-electron chi connectivity index (χ4n) is 3.56. The van der Waals surface area contributed by atoms with Crippen LogP contribution in [0.15, 0.2) is 77.9 Å². The third-order valence-electron chi connectivity index (χ3n) is 5.17. The third-order valence-corrected chi connectivity index (χ3v) is 5.17. The van der Waals surface area contributed by atoms with Gasteiger partial charge >= 0.3 is 0 Å². The van der Waals surface area contributed by atoms with Crippen LogP contribution in [0.3, 0.4) is 0 Å². The molecule has 1 fully saturated rings. The number of pyridine rings is 1. The van der Waals surface area contributed by atoms with Gasteiger partial charge in [-0.05, 0) is 35.7 Å². The summed E-state index contributed by atoms with van der Waals surface area (Å²) in [5, 5.41) is 7.32. The highest BCUT2D eigenvalue weighted by Crippen LogP contribution is 2.40. The quantitative estimate of drug-likeness (QED) is 0.407. The molecule has 4 aromatic rings. The van der Waals surface area contributed by atoms with E-state index < -0.39 is 0 Å². The van der Waals surface area contributed by atoms with E-state index in [-0.39, 0.29) is 5.91 Å². The summed E-state index contributed by atoms with van der Waals surface area (Å²) in [6.45, 7) is 0. The summed E-state index contributed by atoms with van der Waals surface area (Å²) in [6.07, 6.45) is 3.99. The highest BCUT2D eigenvalue weighted by atomic mass is 16.2. The maximum absolute atomic E-state index is 12.9. The first-order chi connectivity index (χ1) is 13.8. The molecule has 0 bridgehead atoms. The lowest BCUT2D eigenvalue weighted by molar-refractivity contribution is 0.0956. The van der Waals surface area contributed by atoms with Crippen molar-refractivity contribution in [2.45, 2.75) is 18.8 Å². The summed E-state index contributed by atoms with van der Waals surface area (Å²) in [5.41, 5.74) is 6.15. The van der Waals surface area contributed by atoms with E-state index in [2.05, 4.69) is 28.7 Å². The number of rotatable bonds is 4. The predicted octanol–water partition coefficient (Wildman–Crippen LogP) is 5.03. The van der Waals surface area contributed by atoms with Crippen LogP contribution in [0.25, 0.3) is 21.7 Å². The number of carbonyl (C=O) groups excluding carboxylic acids is 1. The summed E-state index contributed by atoms with van der Waals surface area (Å²) in [4.78, 5) is 17.6. The molecule has 1 aliphatic rings. The van der Waals surface area contributed by atoms with Crippen LogP contribution in [0.5, 0.6) is 0 Å². The molecule has 1 aliphatic carbocycles. The zero-order valence-corrected chi connectivity index (χ0v) is 15.3. The molecule has 1 N–H and O–H groups in total. The van der Waals surface area contributed by atoms with Crippen molar-refractivity contribution in [3.05, 3.63) is 89.6 Å². The van der Waals surface area contributed by atoms with E-state index in [9.17, 15) is 4.79 Å². The van der Waals surface area contributed by atoms with E-state index in [0.717, 1.165) is 45.8 Å². The molecule has 3 aromatic carbocycles. The zero-order valence-electron chi connectivity index (χ0n) is 15.3. The molecule has 1 saturated carbocycles. The van der Waals surface area contributed by atoms with Gasteiger partial charge in [-0.25, -0.2) is 5.43 Å². The number of aromatic nitrogens is 1. The van der Waals surface area contributed by atoms with Crippen molar-refractivity contribution in [3.8, 4) is 0 Å². The van der Waals surface area contributed by atoms with Crippen LogP contribution >= 0.6 is 0 Å². The van der Waals surface area contributed by atoms with Gasteiger partial charge in [-0.2, -0.15) is 5.10 Å². The molecular formula is C24H19N3O. The molecular weight excluding hydrogens is 346 g/mol. The molecule has 0 unspecified atom stereocenters. The van der Waals surface area contributed by atoms with Crippen molar-refractivity contribution >= 4 is 33.8 Å².